The van der Waals surface area contributed by atoms with E-state index in [2.05, 4.69) is 17.3 Å². The van der Waals surface area contributed by atoms with Crippen LogP contribution in [0.1, 0.15) is 58.2 Å². The van der Waals surface area contributed by atoms with Crippen molar-refractivity contribution in [3.63, 3.8) is 0 Å². The van der Waals surface area contributed by atoms with E-state index in [0.29, 0.717) is 50.4 Å². The zero-order valence-electron chi connectivity index (χ0n) is 25.4. The molecule has 3 heterocycles. The van der Waals surface area contributed by atoms with Crippen molar-refractivity contribution < 1.29 is 26.4 Å². The summed E-state index contributed by atoms with van der Waals surface area (Å²) in [4.78, 5) is 15.0. The van der Waals surface area contributed by atoms with Gasteiger partial charge in [-0.05, 0) is 74.4 Å². The predicted octanol–water partition coefficient (Wildman–Crippen LogP) is 7.24. The maximum Gasteiger partial charge on any atom is 0.416 e. The van der Waals surface area contributed by atoms with E-state index in [9.17, 15) is 26.4 Å². The molecular weight excluding hydrogens is 694 g/mol. The molecular formula is C32H30Cl2F3N5O3S2. The Labute approximate surface area is 285 Å². The van der Waals surface area contributed by atoms with Gasteiger partial charge in [-0.1, -0.05) is 41.5 Å². The predicted molar refractivity (Wildman–Crippen MR) is 178 cm³/mol. The van der Waals surface area contributed by atoms with Crippen molar-refractivity contribution in [3.8, 4) is 28.1 Å². The quantitative estimate of drug-likeness (QED) is 0.194. The summed E-state index contributed by atoms with van der Waals surface area (Å²) in [5, 5.41) is 7.19. The SMILES string of the molecule is CCS(=O)(=O)N(C)Cc1c(C(=O)NN2CCCCC2)nn(-c2ccc(Cl)cc2Cl)c1-c1ccc(C#Cc2ccc(C(F)(F)F)cc2)s1. The van der Waals surface area contributed by atoms with E-state index >= 15 is 0 Å². The van der Waals surface area contributed by atoms with E-state index in [0.717, 1.165) is 31.4 Å². The molecule has 1 aliphatic heterocycles. The second kappa shape index (κ2) is 14.4. The summed E-state index contributed by atoms with van der Waals surface area (Å²) in [5.74, 6) is 5.24. The van der Waals surface area contributed by atoms with E-state index in [1.54, 1.807) is 30.3 Å². The van der Waals surface area contributed by atoms with Gasteiger partial charge in [-0.2, -0.15) is 18.3 Å². The number of piperidine rings is 1. The number of carbonyl (C=O) groups excluding carboxylic acids is 1. The number of carbonyl (C=O) groups is 1. The number of hydrogen-bond acceptors (Lipinski definition) is 6. The Hall–Kier alpha value is -3.38. The minimum absolute atomic E-state index is 0.0283. The summed E-state index contributed by atoms with van der Waals surface area (Å²) in [7, 11) is -2.22. The second-order valence-electron chi connectivity index (χ2n) is 10.8. The van der Waals surface area contributed by atoms with Gasteiger partial charge in [0, 0.05) is 42.8 Å². The molecule has 0 unspecified atom stereocenters. The molecule has 1 fully saturated rings. The number of hydrazine groups is 1. The normalized spacial score (nSPS) is 14.2. The van der Waals surface area contributed by atoms with Gasteiger partial charge in [-0.3, -0.25) is 10.2 Å². The molecule has 1 amide bonds. The van der Waals surface area contributed by atoms with Crippen molar-refractivity contribution in [2.75, 3.05) is 25.9 Å². The number of amides is 1. The molecule has 2 aromatic carbocycles. The summed E-state index contributed by atoms with van der Waals surface area (Å²) < 4.78 is 67.4. The Morgan fingerprint density at radius 1 is 1.04 bits per heavy atom. The van der Waals surface area contributed by atoms with Crippen molar-refractivity contribution in [2.24, 2.45) is 0 Å². The van der Waals surface area contributed by atoms with Gasteiger partial charge in [0.1, 0.15) is 0 Å². The average Bonchev–Trinajstić information content (AvgIpc) is 3.65. The highest BCUT2D eigenvalue weighted by Crippen LogP contribution is 2.37. The van der Waals surface area contributed by atoms with Gasteiger partial charge >= 0.3 is 6.18 Å². The van der Waals surface area contributed by atoms with Gasteiger partial charge < -0.3 is 0 Å². The Kier molecular flexibility index (Phi) is 10.7. The van der Waals surface area contributed by atoms with Gasteiger partial charge in [0.25, 0.3) is 5.91 Å². The molecule has 0 atom stereocenters. The van der Waals surface area contributed by atoms with Crippen molar-refractivity contribution in [1.29, 1.82) is 0 Å². The Morgan fingerprint density at radius 2 is 1.74 bits per heavy atom. The Morgan fingerprint density at radius 3 is 2.38 bits per heavy atom. The lowest BCUT2D eigenvalue weighted by Gasteiger charge is -2.26. The maximum atomic E-state index is 13.8. The van der Waals surface area contributed by atoms with Crippen LogP contribution in [0.25, 0.3) is 16.3 Å². The number of hydrogen-bond donors (Lipinski definition) is 1. The zero-order chi connectivity index (χ0) is 33.9. The first-order valence-corrected chi connectivity index (χ1v) is 17.8. The summed E-state index contributed by atoms with van der Waals surface area (Å²) in [6, 6.07) is 12.9. The molecule has 2 aromatic heterocycles. The zero-order valence-corrected chi connectivity index (χ0v) is 28.5. The van der Waals surface area contributed by atoms with Gasteiger partial charge in [0.05, 0.1) is 37.5 Å². The molecule has 1 saturated heterocycles. The lowest BCUT2D eigenvalue weighted by atomic mass is 10.1. The number of sulfonamides is 1. The topological polar surface area (TPSA) is 87.5 Å². The fraction of sp³-hybridized carbons (Fsp3) is 0.312. The fourth-order valence-electron chi connectivity index (χ4n) is 5.02. The fourth-order valence-corrected chi connectivity index (χ4v) is 7.19. The summed E-state index contributed by atoms with van der Waals surface area (Å²) in [5.41, 5.74) is 3.80. The summed E-state index contributed by atoms with van der Waals surface area (Å²) in [6.45, 7) is 2.72. The van der Waals surface area contributed by atoms with E-state index in [-0.39, 0.29) is 23.0 Å². The van der Waals surface area contributed by atoms with Crippen molar-refractivity contribution in [1.82, 2.24) is 24.5 Å². The van der Waals surface area contributed by atoms with Crippen LogP contribution in [0.4, 0.5) is 13.2 Å². The van der Waals surface area contributed by atoms with Crippen LogP contribution in [-0.4, -0.2) is 59.3 Å². The monoisotopic (exact) mass is 723 g/mol. The number of rotatable bonds is 8. The minimum Gasteiger partial charge on any atom is -0.283 e. The molecule has 8 nitrogen and oxygen atoms in total. The molecule has 5 rings (SSSR count). The number of thiophene rings is 1. The van der Waals surface area contributed by atoms with Crippen LogP contribution in [0.2, 0.25) is 10.0 Å². The molecule has 0 spiro atoms. The van der Waals surface area contributed by atoms with Crippen molar-refractivity contribution in [2.45, 2.75) is 38.9 Å². The average molecular weight is 725 g/mol. The number of benzene rings is 2. The first-order chi connectivity index (χ1) is 22.3. The molecule has 4 aromatic rings. The molecule has 0 bridgehead atoms. The molecule has 248 valence electrons. The van der Waals surface area contributed by atoms with Crippen LogP contribution in [-0.2, 0) is 22.7 Å². The number of nitrogens with zero attached hydrogens (tertiary/aromatic N) is 4. The first kappa shape index (κ1) is 34.9. The van der Waals surface area contributed by atoms with Crippen LogP contribution in [0.15, 0.2) is 54.6 Å². The lowest BCUT2D eigenvalue weighted by Crippen LogP contribution is -2.45. The van der Waals surface area contributed by atoms with Crippen LogP contribution in [0.5, 0.6) is 0 Å². The van der Waals surface area contributed by atoms with Gasteiger partial charge in [-0.25, -0.2) is 22.4 Å². The largest absolute Gasteiger partial charge is 0.416 e. The van der Waals surface area contributed by atoms with Crippen LogP contribution >= 0.6 is 34.5 Å². The van der Waals surface area contributed by atoms with Crippen LogP contribution in [0.3, 0.4) is 0 Å². The van der Waals surface area contributed by atoms with Crippen molar-refractivity contribution >= 4 is 50.5 Å². The van der Waals surface area contributed by atoms with Crippen LogP contribution in [0, 0.1) is 11.8 Å². The number of aromatic nitrogens is 2. The van der Waals surface area contributed by atoms with Crippen LogP contribution < -0.4 is 5.43 Å². The summed E-state index contributed by atoms with van der Waals surface area (Å²) >= 11 is 14.1. The molecule has 0 radical (unpaired) electrons. The lowest BCUT2D eigenvalue weighted by molar-refractivity contribution is -0.137. The Bertz CT molecular complexity index is 1940. The first-order valence-electron chi connectivity index (χ1n) is 14.6. The molecule has 1 N–H and O–H groups in total. The third kappa shape index (κ3) is 8.20. The maximum absolute atomic E-state index is 13.8. The Balaban J connectivity index is 1.63. The van der Waals surface area contributed by atoms with E-state index < -0.39 is 27.7 Å². The van der Waals surface area contributed by atoms with Gasteiger partial charge in [0.2, 0.25) is 10.0 Å². The number of nitrogens with one attached hydrogen (secondary N) is 1. The minimum atomic E-state index is -4.45. The molecule has 0 saturated carbocycles. The summed E-state index contributed by atoms with van der Waals surface area (Å²) in [6.07, 6.45) is -1.53. The third-order valence-corrected chi connectivity index (χ3v) is 10.9. The van der Waals surface area contributed by atoms with E-state index in [4.69, 9.17) is 28.3 Å². The van der Waals surface area contributed by atoms with Crippen molar-refractivity contribution in [3.05, 3.63) is 91.9 Å². The molecule has 47 heavy (non-hydrogen) atoms. The standard InChI is InChI=1S/C32H30Cl2F3N5O3S2/c1-3-47(44,45)40(2)20-25-29(31(43)39-41-17-5-4-6-18-41)38-42(27-15-12-23(33)19-26(27)34)30(25)28-16-14-24(46-28)13-9-21-7-10-22(11-8-21)32(35,36)37/h7-8,10-12,14-16,19H,3-6,17-18,20H2,1-2H3,(H,39,43). The van der Waals surface area contributed by atoms with Gasteiger partial charge in [0.15, 0.2) is 5.69 Å². The number of alkyl halides is 3. The molecule has 1 aliphatic rings. The highest BCUT2D eigenvalue weighted by Gasteiger charge is 2.31. The third-order valence-electron chi connectivity index (χ3n) is 7.55. The molecule has 15 heteroatoms. The van der Waals surface area contributed by atoms with E-state index in [1.807, 2.05) is 5.01 Å². The smallest absolute Gasteiger partial charge is 0.283 e. The van der Waals surface area contributed by atoms with E-state index in [1.165, 1.54) is 46.4 Å². The highest BCUT2D eigenvalue weighted by molar-refractivity contribution is 7.89. The number of halogens is 5. The molecule has 0 aliphatic carbocycles. The second-order valence-corrected chi connectivity index (χ2v) is 15.1. The van der Waals surface area contributed by atoms with Gasteiger partial charge in [-0.15, -0.1) is 11.3 Å². The highest BCUT2D eigenvalue weighted by atomic mass is 35.5.